The van der Waals surface area contributed by atoms with Crippen LogP contribution in [0.2, 0.25) is 0 Å². The minimum Gasteiger partial charge on any atom is -0.394 e. The minimum absolute atomic E-state index is 0.0449. The van der Waals surface area contributed by atoms with Gasteiger partial charge in [0.2, 0.25) is 0 Å². The van der Waals surface area contributed by atoms with Gasteiger partial charge in [-0.25, -0.2) is 0 Å². The molecule has 4 nitrogen and oxygen atoms in total. The fraction of sp³-hybridized carbons (Fsp3) is 1.00. The zero-order chi connectivity index (χ0) is 10.1. The van der Waals surface area contributed by atoms with E-state index < -0.39 is 5.54 Å². The van der Waals surface area contributed by atoms with Gasteiger partial charge in [0.15, 0.2) is 6.29 Å². The molecular weight excluding hydrogens is 170 g/mol. The van der Waals surface area contributed by atoms with Crippen molar-refractivity contribution in [3.63, 3.8) is 0 Å². The predicted molar refractivity (Wildman–Crippen MR) is 49.2 cm³/mol. The Morgan fingerprint density at radius 1 is 1.38 bits per heavy atom. The first-order chi connectivity index (χ1) is 5.87. The van der Waals surface area contributed by atoms with Crippen LogP contribution in [0.3, 0.4) is 0 Å². The molecule has 0 aliphatic carbocycles. The monoisotopic (exact) mass is 189 g/mol. The largest absolute Gasteiger partial charge is 0.394 e. The van der Waals surface area contributed by atoms with Crippen molar-refractivity contribution in [3.05, 3.63) is 0 Å². The zero-order valence-corrected chi connectivity index (χ0v) is 8.54. The maximum atomic E-state index is 8.95. The van der Waals surface area contributed by atoms with Gasteiger partial charge in [0.05, 0.1) is 25.4 Å². The van der Waals surface area contributed by atoms with Crippen LogP contribution < -0.4 is 5.73 Å². The predicted octanol–water partition coefficient (Wildman–Crippen LogP) is 0.0952. The number of aliphatic hydroxyl groups excluding tert-OH is 1. The topological polar surface area (TPSA) is 64.7 Å². The standard InChI is InChI=1S/C9H19NO3/c1-8(2,3)7-12-5-9(10,4-11)6-13-7/h7,11H,4-6,10H2,1-3H3. The van der Waals surface area contributed by atoms with Crippen LogP contribution in [0, 0.1) is 5.41 Å². The van der Waals surface area contributed by atoms with E-state index in [2.05, 4.69) is 0 Å². The SMILES string of the molecule is CC(C)(C)C1OCC(N)(CO)CO1. The van der Waals surface area contributed by atoms with Crippen molar-refractivity contribution < 1.29 is 14.6 Å². The molecule has 0 spiro atoms. The van der Waals surface area contributed by atoms with Gasteiger partial charge in [0.25, 0.3) is 0 Å². The van der Waals surface area contributed by atoms with Gasteiger partial charge in [-0.15, -0.1) is 0 Å². The smallest absolute Gasteiger partial charge is 0.162 e. The lowest BCUT2D eigenvalue weighted by molar-refractivity contribution is -0.250. The van der Waals surface area contributed by atoms with Crippen LogP contribution in [0.1, 0.15) is 20.8 Å². The van der Waals surface area contributed by atoms with E-state index in [1.807, 2.05) is 20.8 Å². The van der Waals surface area contributed by atoms with E-state index in [0.29, 0.717) is 13.2 Å². The Hall–Kier alpha value is -0.160. The summed E-state index contributed by atoms with van der Waals surface area (Å²) in [6.07, 6.45) is -0.226. The second kappa shape index (κ2) is 3.53. The van der Waals surface area contributed by atoms with E-state index in [1.54, 1.807) is 0 Å². The highest BCUT2D eigenvalue weighted by Crippen LogP contribution is 2.27. The lowest BCUT2D eigenvalue weighted by Crippen LogP contribution is -2.58. The van der Waals surface area contributed by atoms with Crippen molar-refractivity contribution in [1.29, 1.82) is 0 Å². The first-order valence-electron chi connectivity index (χ1n) is 4.50. The third kappa shape index (κ3) is 2.64. The number of nitrogens with two attached hydrogens (primary N) is 1. The summed E-state index contributed by atoms with van der Waals surface area (Å²) in [5.74, 6) is 0. The molecule has 1 aliphatic heterocycles. The van der Waals surface area contributed by atoms with Crippen LogP contribution in [0.4, 0.5) is 0 Å². The third-order valence-electron chi connectivity index (χ3n) is 2.07. The number of ether oxygens (including phenoxy) is 2. The van der Waals surface area contributed by atoms with Gasteiger partial charge in [-0.1, -0.05) is 20.8 Å². The number of aliphatic hydroxyl groups is 1. The third-order valence-corrected chi connectivity index (χ3v) is 2.07. The minimum atomic E-state index is -0.720. The van der Waals surface area contributed by atoms with Gasteiger partial charge in [-0.3, -0.25) is 0 Å². The maximum absolute atomic E-state index is 8.95. The van der Waals surface area contributed by atoms with E-state index in [0.717, 1.165) is 0 Å². The van der Waals surface area contributed by atoms with Crippen molar-refractivity contribution >= 4 is 0 Å². The summed E-state index contributed by atoms with van der Waals surface area (Å²) in [5.41, 5.74) is 5.00. The Bertz CT molecular complexity index is 168. The summed E-state index contributed by atoms with van der Waals surface area (Å²) in [6.45, 7) is 6.72. The Kier molecular flexibility index (Phi) is 2.97. The lowest BCUT2D eigenvalue weighted by atomic mass is 9.94. The Morgan fingerprint density at radius 3 is 2.15 bits per heavy atom. The molecule has 0 bridgehead atoms. The normalized spacial score (nSPS) is 36.2. The van der Waals surface area contributed by atoms with Gasteiger partial charge < -0.3 is 20.3 Å². The Morgan fingerprint density at radius 2 is 1.85 bits per heavy atom. The molecule has 4 heteroatoms. The second-order valence-electron chi connectivity index (χ2n) is 4.84. The zero-order valence-electron chi connectivity index (χ0n) is 8.54. The van der Waals surface area contributed by atoms with E-state index in [-0.39, 0.29) is 18.3 Å². The molecule has 0 aromatic rings. The van der Waals surface area contributed by atoms with Crippen molar-refractivity contribution in [2.24, 2.45) is 11.1 Å². The van der Waals surface area contributed by atoms with E-state index in [9.17, 15) is 0 Å². The van der Waals surface area contributed by atoms with E-state index >= 15 is 0 Å². The summed E-state index contributed by atoms with van der Waals surface area (Å²) < 4.78 is 10.9. The highest BCUT2D eigenvalue weighted by molar-refractivity contribution is 4.87. The lowest BCUT2D eigenvalue weighted by Gasteiger charge is -2.40. The van der Waals surface area contributed by atoms with Crippen LogP contribution in [0.15, 0.2) is 0 Å². The first-order valence-corrected chi connectivity index (χ1v) is 4.50. The molecule has 78 valence electrons. The molecule has 1 fully saturated rings. The number of hydrogen-bond acceptors (Lipinski definition) is 4. The van der Waals surface area contributed by atoms with Crippen LogP contribution in [-0.4, -0.2) is 36.8 Å². The molecule has 0 aromatic heterocycles. The molecule has 1 heterocycles. The summed E-state index contributed by atoms with van der Waals surface area (Å²) in [6, 6.07) is 0. The molecule has 1 saturated heterocycles. The average molecular weight is 189 g/mol. The van der Waals surface area contributed by atoms with Crippen LogP contribution in [0.5, 0.6) is 0 Å². The quantitative estimate of drug-likeness (QED) is 0.614. The number of hydrogen-bond donors (Lipinski definition) is 2. The van der Waals surface area contributed by atoms with Crippen LogP contribution in [0.25, 0.3) is 0 Å². The van der Waals surface area contributed by atoms with Gasteiger partial charge in [0, 0.05) is 5.41 Å². The van der Waals surface area contributed by atoms with Crippen LogP contribution >= 0.6 is 0 Å². The maximum Gasteiger partial charge on any atom is 0.162 e. The molecule has 1 aliphatic rings. The Labute approximate surface area is 79.0 Å². The van der Waals surface area contributed by atoms with Gasteiger partial charge in [-0.05, 0) is 0 Å². The molecule has 0 aromatic carbocycles. The molecule has 0 saturated carbocycles. The molecule has 13 heavy (non-hydrogen) atoms. The second-order valence-corrected chi connectivity index (χ2v) is 4.84. The van der Waals surface area contributed by atoms with Gasteiger partial charge in [-0.2, -0.15) is 0 Å². The van der Waals surface area contributed by atoms with Gasteiger partial charge in [0.1, 0.15) is 0 Å². The fourth-order valence-corrected chi connectivity index (χ4v) is 1.16. The molecule has 0 radical (unpaired) electrons. The number of rotatable bonds is 1. The molecule has 1 rings (SSSR count). The van der Waals surface area contributed by atoms with E-state index in [4.69, 9.17) is 20.3 Å². The molecule has 0 amide bonds. The van der Waals surface area contributed by atoms with Crippen molar-refractivity contribution in [2.75, 3.05) is 19.8 Å². The molecular formula is C9H19NO3. The summed E-state index contributed by atoms with van der Waals surface area (Å²) >= 11 is 0. The fourth-order valence-electron chi connectivity index (χ4n) is 1.16. The highest BCUT2D eigenvalue weighted by atomic mass is 16.7. The van der Waals surface area contributed by atoms with Gasteiger partial charge >= 0.3 is 0 Å². The summed E-state index contributed by atoms with van der Waals surface area (Å²) in [7, 11) is 0. The van der Waals surface area contributed by atoms with Crippen molar-refractivity contribution in [1.82, 2.24) is 0 Å². The Balaban J connectivity index is 2.48. The average Bonchev–Trinajstić information content (AvgIpc) is 2.04. The molecule has 0 atom stereocenters. The summed E-state index contributed by atoms with van der Waals surface area (Å²) in [4.78, 5) is 0. The van der Waals surface area contributed by atoms with Crippen molar-refractivity contribution in [3.8, 4) is 0 Å². The first kappa shape index (κ1) is 10.9. The van der Waals surface area contributed by atoms with E-state index in [1.165, 1.54) is 0 Å². The highest BCUT2D eigenvalue weighted by Gasteiger charge is 2.37. The molecule has 3 N–H and O–H groups in total. The van der Waals surface area contributed by atoms with Crippen molar-refractivity contribution in [2.45, 2.75) is 32.6 Å². The molecule has 0 unspecified atom stereocenters. The van der Waals surface area contributed by atoms with Crippen LogP contribution in [-0.2, 0) is 9.47 Å². The summed E-state index contributed by atoms with van der Waals surface area (Å²) in [5, 5.41) is 8.95.